The van der Waals surface area contributed by atoms with Crippen LogP contribution in [0.2, 0.25) is 15.1 Å². The van der Waals surface area contributed by atoms with Crippen molar-refractivity contribution < 1.29 is 9.53 Å². The van der Waals surface area contributed by atoms with Crippen LogP contribution in [0, 0.1) is 0 Å². The summed E-state index contributed by atoms with van der Waals surface area (Å²) in [6.45, 7) is 0.641. The fourth-order valence-electron chi connectivity index (χ4n) is 2.70. The number of nitrogens with zero attached hydrogens (tertiary/aromatic N) is 3. The normalized spacial score (nSPS) is 10.8. The lowest BCUT2D eigenvalue weighted by atomic mass is 10.1. The number of rotatable bonds is 6. The van der Waals surface area contributed by atoms with E-state index >= 15 is 0 Å². The minimum absolute atomic E-state index is 0.102. The molecule has 146 valence electrons. The third kappa shape index (κ3) is 4.98. The van der Waals surface area contributed by atoms with Crippen LogP contribution in [0.25, 0.3) is 0 Å². The predicted molar refractivity (Wildman–Crippen MR) is 111 cm³/mol. The molecule has 3 aromatic rings. The van der Waals surface area contributed by atoms with Gasteiger partial charge in [0.1, 0.15) is 6.61 Å². The number of hydrogen-bond acceptors (Lipinski definition) is 3. The molecule has 0 saturated heterocycles. The van der Waals surface area contributed by atoms with E-state index < -0.39 is 0 Å². The molecule has 0 N–H and O–H groups in total. The maximum Gasteiger partial charge on any atom is 0.253 e. The van der Waals surface area contributed by atoms with E-state index in [2.05, 4.69) is 5.10 Å². The number of carbonyl (C=O) groups excluding carboxylic acids is 1. The summed E-state index contributed by atoms with van der Waals surface area (Å²) in [4.78, 5) is 14.3. The number of ether oxygens (including phenoxy) is 1. The first-order chi connectivity index (χ1) is 13.3. The molecule has 0 bridgehead atoms. The van der Waals surface area contributed by atoms with Crippen LogP contribution in [0.1, 0.15) is 21.6 Å². The molecule has 0 radical (unpaired) electrons. The molecule has 0 fully saturated rings. The average Bonchev–Trinajstić information content (AvgIpc) is 3.05. The molecule has 0 aliphatic rings. The Morgan fingerprint density at radius 1 is 1.14 bits per heavy atom. The Balaban J connectivity index is 1.69. The Labute approximate surface area is 178 Å². The molecule has 0 aliphatic heterocycles. The van der Waals surface area contributed by atoms with Crippen LogP contribution in [-0.2, 0) is 20.2 Å². The summed E-state index contributed by atoms with van der Waals surface area (Å²) < 4.78 is 7.45. The van der Waals surface area contributed by atoms with Gasteiger partial charge in [-0.1, -0.05) is 46.9 Å². The lowest BCUT2D eigenvalue weighted by Crippen LogP contribution is -2.26. The van der Waals surface area contributed by atoms with Crippen LogP contribution >= 0.6 is 34.8 Å². The van der Waals surface area contributed by atoms with Crippen molar-refractivity contribution in [2.45, 2.75) is 13.2 Å². The van der Waals surface area contributed by atoms with Crippen molar-refractivity contribution in [1.29, 1.82) is 0 Å². The second-order valence-electron chi connectivity index (χ2n) is 6.33. The SMILES string of the molecule is CN(Cc1ccn(C)n1)C(=O)c1cccc(COc2c(Cl)cc(Cl)cc2Cl)c1. The minimum Gasteiger partial charge on any atom is -0.486 e. The molecule has 1 amide bonds. The molecule has 3 rings (SSSR count). The molecule has 5 nitrogen and oxygen atoms in total. The van der Waals surface area contributed by atoms with Gasteiger partial charge in [-0.2, -0.15) is 5.10 Å². The maximum absolute atomic E-state index is 12.7. The number of benzene rings is 2. The van der Waals surface area contributed by atoms with E-state index in [1.54, 1.807) is 40.9 Å². The molecule has 0 atom stereocenters. The molecule has 8 heteroatoms. The Bertz CT molecular complexity index is 981. The maximum atomic E-state index is 12.7. The van der Waals surface area contributed by atoms with Crippen LogP contribution in [0.5, 0.6) is 5.75 Å². The molecule has 1 heterocycles. The van der Waals surface area contributed by atoms with E-state index in [0.717, 1.165) is 11.3 Å². The summed E-state index contributed by atoms with van der Waals surface area (Å²) >= 11 is 18.2. The van der Waals surface area contributed by atoms with Gasteiger partial charge in [0.15, 0.2) is 5.75 Å². The van der Waals surface area contributed by atoms with Crippen molar-refractivity contribution in [2.24, 2.45) is 7.05 Å². The van der Waals surface area contributed by atoms with E-state index in [1.165, 1.54) is 0 Å². The van der Waals surface area contributed by atoms with Crippen molar-refractivity contribution in [3.05, 3.63) is 80.6 Å². The van der Waals surface area contributed by atoms with Crippen molar-refractivity contribution in [1.82, 2.24) is 14.7 Å². The monoisotopic (exact) mass is 437 g/mol. The Morgan fingerprint density at radius 2 is 1.86 bits per heavy atom. The van der Waals surface area contributed by atoms with Crippen LogP contribution < -0.4 is 4.74 Å². The van der Waals surface area contributed by atoms with Crippen molar-refractivity contribution in [3.8, 4) is 5.75 Å². The number of aryl methyl sites for hydroxylation is 1. The van der Waals surface area contributed by atoms with Crippen molar-refractivity contribution >= 4 is 40.7 Å². The zero-order valence-electron chi connectivity index (χ0n) is 15.3. The number of amides is 1. The van der Waals surface area contributed by atoms with Crippen LogP contribution in [0.4, 0.5) is 0 Å². The Kier molecular flexibility index (Phi) is 6.50. The first kappa shape index (κ1) is 20.5. The van der Waals surface area contributed by atoms with Gasteiger partial charge in [-0.25, -0.2) is 0 Å². The number of aromatic nitrogens is 2. The molecule has 0 unspecified atom stereocenters. The number of hydrogen-bond donors (Lipinski definition) is 0. The smallest absolute Gasteiger partial charge is 0.253 e. The van der Waals surface area contributed by atoms with Crippen molar-refractivity contribution in [3.63, 3.8) is 0 Å². The largest absolute Gasteiger partial charge is 0.486 e. The highest BCUT2D eigenvalue weighted by Gasteiger charge is 2.14. The second-order valence-corrected chi connectivity index (χ2v) is 7.58. The Morgan fingerprint density at radius 3 is 2.50 bits per heavy atom. The van der Waals surface area contributed by atoms with Gasteiger partial charge < -0.3 is 9.64 Å². The third-order valence-corrected chi connectivity index (χ3v) is 4.81. The van der Waals surface area contributed by atoms with Gasteiger partial charge in [-0.15, -0.1) is 0 Å². The number of carbonyl (C=O) groups is 1. The zero-order valence-corrected chi connectivity index (χ0v) is 17.6. The summed E-state index contributed by atoms with van der Waals surface area (Å²) in [5.41, 5.74) is 2.21. The fourth-order valence-corrected chi connectivity index (χ4v) is 3.63. The molecule has 0 aliphatic carbocycles. The quantitative estimate of drug-likeness (QED) is 0.529. The molecular weight excluding hydrogens is 421 g/mol. The highest BCUT2D eigenvalue weighted by Crippen LogP contribution is 2.36. The topological polar surface area (TPSA) is 47.4 Å². The highest BCUT2D eigenvalue weighted by atomic mass is 35.5. The van der Waals surface area contributed by atoms with E-state index in [1.807, 2.05) is 31.4 Å². The van der Waals surface area contributed by atoms with Gasteiger partial charge in [0.05, 0.1) is 22.3 Å². The lowest BCUT2D eigenvalue weighted by Gasteiger charge is -2.16. The van der Waals surface area contributed by atoms with Crippen LogP contribution in [0.15, 0.2) is 48.7 Å². The summed E-state index contributed by atoms with van der Waals surface area (Å²) in [7, 11) is 3.58. The van der Waals surface area contributed by atoms with Gasteiger partial charge in [0, 0.05) is 30.9 Å². The van der Waals surface area contributed by atoms with E-state index in [0.29, 0.717) is 32.9 Å². The van der Waals surface area contributed by atoms with Gasteiger partial charge in [-0.05, 0) is 35.9 Å². The first-order valence-electron chi connectivity index (χ1n) is 8.44. The summed E-state index contributed by atoms with van der Waals surface area (Å²) in [5, 5.41) is 5.40. The van der Waals surface area contributed by atoms with E-state index in [4.69, 9.17) is 39.5 Å². The standard InChI is InChI=1S/C20H18Cl3N3O2/c1-25(11-16-6-7-26(2)24-16)20(27)14-5-3-4-13(8-14)12-28-19-17(22)9-15(21)10-18(19)23/h3-10H,11-12H2,1-2H3. The third-order valence-electron chi connectivity index (χ3n) is 4.03. The van der Waals surface area contributed by atoms with Gasteiger partial charge >= 0.3 is 0 Å². The minimum atomic E-state index is -0.102. The summed E-state index contributed by atoms with van der Waals surface area (Å²) in [6, 6.07) is 12.2. The molecular formula is C20H18Cl3N3O2. The lowest BCUT2D eigenvalue weighted by molar-refractivity contribution is 0.0783. The van der Waals surface area contributed by atoms with Crippen molar-refractivity contribution in [2.75, 3.05) is 7.05 Å². The second kappa shape index (κ2) is 8.86. The zero-order chi connectivity index (χ0) is 20.3. The molecule has 28 heavy (non-hydrogen) atoms. The summed E-state index contributed by atoms with van der Waals surface area (Å²) in [5.74, 6) is 0.256. The molecule has 2 aromatic carbocycles. The molecule has 0 spiro atoms. The van der Waals surface area contributed by atoms with Crippen LogP contribution in [0.3, 0.4) is 0 Å². The highest BCUT2D eigenvalue weighted by molar-refractivity contribution is 6.40. The molecule has 0 saturated carbocycles. The average molecular weight is 439 g/mol. The van der Waals surface area contributed by atoms with E-state index in [-0.39, 0.29) is 12.5 Å². The van der Waals surface area contributed by atoms with Gasteiger partial charge in [-0.3, -0.25) is 9.48 Å². The number of halogens is 3. The Hall–Kier alpha value is -2.21. The van der Waals surface area contributed by atoms with Gasteiger partial charge in [0.25, 0.3) is 5.91 Å². The van der Waals surface area contributed by atoms with E-state index in [9.17, 15) is 4.79 Å². The summed E-state index contributed by atoms with van der Waals surface area (Å²) in [6.07, 6.45) is 1.85. The fraction of sp³-hybridized carbons (Fsp3) is 0.200. The van der Waals surface area contributed by atoms with Gasteiger partial charge in [0.2, 0.25) is 0 Å². The molecule has 1 aromatic heterocycles. The first-order valence-corrected chi connectivity index (χ1v) is 9.57. The predicted octanol–water partition coefficient (Wildman–Crippen LogP) is 5.23. The van der Waals surface area contributed by atoms with Crippen LogP contribution in [-0.4, -0.2) is 27.6 Å².